The van der Waals surface area contributed by atoms with E-state index >= 15 is 0 Å². The van der Waals surface area contributed by atoms with Gasteiger partial charge in [-0.15, -0.1) is 0 Å². The molecule has 0 saturated carbocycles. The van der Waals surface area contributed by atoms with Crippen LogP contribution < -0.4 is 16.0 Å². The van der Waals surface area contributed by atoms with Crippen LogP contribution >= 0.6 is 0 Å². The molecule has 1 aromatic carbocycles. The van der Waals surface area contributed by atoms with Crippen LogP contribution in [0.2, 0.25) is 0 Å². The number of imide groups is 1. The molecule has 0 atom stereocenters. The maximum Gasteiger partial charge on any atom is 0.318 e. The Hall–Kier alpha value is -2.45. The van der Waals surface area contributed by atoms with E-state index in [-0.39, 0.29) is 13.1 Å². The summed E-state index contributed by atoms with van der Waals surface area (Å²) in [6.45, 7) is 3.95. The highest BCUT2D eigenvalue weighted by Gasteiger charge is 2.25. The normalized spacial score (nSPS) is 14.2. The number of benzene rings is 1. The summed E-state index contributed by atoms with van der Waals surface area (Å²) in [5, 5.41) is 2.60. The lowest BCUT2D eigenvalue weighted by molar-refractivity contribution is -0.149. The van der Waals surface area contributed by atoms with Crippen molar-refractivity contribution in [2.45, 2.75) is 6.92 Å². The Morgan fingerprint density at radius 2 is 1.92 bits per heavy atom. The van der Waals surface area contributed by atoms with Crippen molar-refractivity contribution < 1.29 is 19.1 Å². The van der Waals surface area contributed by atoms with Gasteiger partial charge in [-0.25, -0.2) is 0 Å². The number of nitrogens with one attached hydrogen (secondary N) is 1. The third-order valence-corrected chi connectivity index (χ3v) is 3.68. The fourth-order valence-corrected chi connectivity index (χ4v) is 2.49. The third kappa shape index (κ3) is 4.30. The molecule has 0 radical (unpaired) electrons. The van der Waals surface area contributed by atoms with Crippen LogP contribution in [0, 0.1) is 0 Å². The number of nitrogens with two attached hydrogens (primary N) is 1. The van der Waals surface area contributed by atoms with Crippen LogP contribution in [-0.4, -0.2) is 62.0 Å². The summed E-state index contributed by atoms with van der Waals surface area (Å²) < 4.78 is 5.33. The average molecular weight is 334 g/mol. The fourth-order valence-electron chi connectivity index (χ4n) is 2.49. The zero-order valence-electron chi connectivity index (χ0n) is 13.7. The Labute approximate surface area is 140 Å². The van der Waals surface area contributed by atoms with E-state index < -0.39 is 17.7 Å². The maximum atomic E-state index is 12.2. The molecular weight excluding hydrogens is 312 g/mol. The average Bonchev–Trinajstić information content (AvgIpc) is 2.60. The summed E-state index contributed by atoms with van der Waals surface area (Å²) in [5.41, 5.74) is 6.72. The zero-order valence-corrected chi connectivity index (χ0v) is 13.7. The predicted molar refractivity (Wildman–Crippen MR) is 89.6 cm³/mol. The van der Waals surface area contributed by atoms with Crippen LogP contribution in [-0.2, 0) is 19.1 Å². The monoisotopic (exact) mass is 334 g/mol. The highest BCUT2D eigenvalue weighted by Crippen LogP contribution is 2.26. The van der Waals surface area contributed by atoms with Gasteiger partial charge in [0.25, 0.3) is 0 Å². The molecule has 0 bridgehead atoms. The van der Waals surface area contributed by atoms with Crippen molar-refractivity contribution in [2.75, 3.05) is 49.6 Å². The van der Waals surface area contributed by atoms with Crippen LogP contribution in [0.4, 0.5) is 11.4 Å². The molecule has 1 fully saturated rings. The number of carbonyl (C=O) groups is 3. The molecule has 0 aliphatic carbocycles. The summed E-state index contributed by atoms with van der Waals surface area (Å²) >= 11 is 0. The van der Waals surface area contributed by atoms with Crippen LogP contribution in [0.15, 0.2) is 24.3 Å². The Kier molecular flexibility index (Phi) is 6.28. The van der Waals surface area contributed by atoms with Crippen molar-refractivity contribution in [3.63, 3.8) is 0 Å². The first-order valence-electron chi connectivity index (χ1n) is 7.79. The highest BCUT2D eigenvalue weighted by atomic mass is 16.5. The molecule has 2 rings (SSSR count). The molecule has 24 heavy (non-hydrogen) atoms. The van der Waals surface area contributed by atoms with Gasteiger partial charge in [-0.2, -0.15) is 0 Å². The number of nitrogens with zero attached hydrogens (tertiary/aromatic N) is 2. The molecule has 3 amide bonds. The Bertz CT molecular complexity index is 614. The van der Waals surface area contributed by atoms with Crippen LogP contribution in [0.25, 0.3) is 0 Å². The SMILES string of the molecule is CC(=O)N(CCN)C(=O)C(=O)Nc1ccccc1N1CCOCC1. The highest BCUT2D eigenvalue weighted by molar-refractivity contribution is 6.41. The van der Waals surface area contributed by atoms with Gasteiger partial charge in [0, 0.05) is 33.1 Å². The molecule has 1 aromatic rings. The van der Waals surface area contributed by atoms with Crippen LogP contribution in [0.5, 0.6) is 0 Å². The molecule has 130 valence electrons. The largest absolute Gasteiger partial charge is 0.378 e. The molecule has 3 N–H and O–H groups in total. The number of morpholine rings is 1. The minimum absolute atomic E-state index is 0.00664. The predicted octanol–water partition coefficient (Wildman–Crippen LogP) is -0.204. The first-order chi connectivity index (χ1) is 11.5. The minimum atomic E-state index is -0.912. The smallest absolute Gasteiger partial charge is 0.318 e. The molecule has 0 aromatic heterocycles. The second kappa shape index (κ2) is 8.42. The molecule has 1 heterocycles. The van der Waals surface area contributed by atoms with E-state index in [2.05, 4.69) is 10.2 Å². The van der Waals surface area contributed by atoms with E-state index in [0.29, 0.717) is 32.0 Å². The Morgan fingerprint density at radius 3 is 2.54 bits per heavy atom. The van der Waals surface area contributed by atoms with Gasteiger partial charge in [-0.3, -0.25) is 19.3 Å². The van der Waals surface area contributed by atoms with Gasteiger partial charge in [0.15, 0.2) is 0 Å². The van der Waals surface area contributed by atoms with Crippen molar-refractivity contribution >= 4 is 29.1 Å². The number of hydrogen-bond donors (Lipinski definition) is 2. The van der Waals surface area contributed by atoms with Gasteiger partial charge in [0.2, 0.25) is 5.91 Å². The topological polar surface area (TPSA) is 105 Å². The molecule has 1 aliphatic rings. The van der Waals surface area contributed by atoms with Crippen molar-refractivity contribution in [3.8, 4) is 0 Å². The number of hydrogen-bond acceptors (Lipinski definition) is 6. The van der Waals surface area contributed by atoms with E-state index in [1.807, 2.05) is 12.1 Å². The number of para-hydroxylation sites is 2. The maximum absolute atomic E-state index is 12.2. The number of carbonyl (C=O) groups excluding carboxylic acids is 3. The summed E-state index contributed by atoms with van der Waals surface area (Å²) in [6.07, 6.45) is 0. The molecule has 0 spiro atoms. The summed E-state index contributed by atoms with van der Waals surface area (Å²) in [4.78, 5) is 38.8. The van der Waals surface area contributed by atoms with Gasteiger partial charge in [0.1, 0.15) is 0 Å². The number of rotatable bonds is 4. The van der Waals surface area contributed by atoms with E-state index in [1.54, 1.807) is 12.1 Å². The lowest BCUT2D eigenvalue weighted by Gasteiger charge is -2.30. The summed E-state index contributed by atoms with van der Waals surface area (Å²) in [7, 11) is 0. The summed E-state index contributed by atoms with van der Waals surface area (Å²) in [6, 6.07) is 7.22. The fraction of sp³-hybridized carbons (Fsp3) is 0.438. The lowest BCUT2D eigenvalue weighted by Crippen LogP contribution is -2.45. The quantitative estimate of drug-likeness (QED) is 0.739. The van der Waals surface area contributed by atoms with Crippen molar-refractivity contribution in [3.05, 3.63) is 24.3 Å². The molecular formula is C16H22N4O4. The molecule has 0 unspecified atom stereocenters. The third-order valence-electron chi connectivity index (χ3n) is 3.68. The molecule has 1 aliphatic heterocycles. The summed E-state index contributed by atoms with van der Waals surface area (Å²) in [5.74, 6) is -2.29. The van der Waals surface area contributed by atoms with Crippen molar-refractivity contribution in [1.82, 2.24) is 4.90 Å². The van der Waals surface area contributed by atoms with Gasteiger partial charge in [-0.1, -0.05) is 12.1 Å². The van der Waals surface area contributed by atoms with E-state index in [0.717, 1.165) is 10.6 Å². The van der Waals surface area contributed by atoms with Gasteiger partial charge in [-0.05, 0) is 12.1 Å². The van der Waals surface area contributed by atoms with Crippen molar-refractivity contribution in [1.29, 1.82) is 0 Å². The van der Waals surface area contributed by atoms with Gasteiger partial charge >= 0.3 is 11.8 Å². The Morgan fingerprint density at radius 1 is 1.25 bits per heavy atom. The van der Waals surface area contributed by atoms with Crippen molar-refractivity contribution in [2.24, 2.45) is 5.73 Å². The second-order valence-electron chi connectivity index (χ2n) is 5.34. The number of anilines is 2. The van der Waals surface area contributed by atoms with Crippen LogP contribution in [0.3, 0.4) is 0 Å². The van der Waals surface area contributed by atoms with E-state index in [4.69, 9.17) is 10.5 Å². The van der Waals surface area contributed by atoms with Crippen LogP contribution in [0.1, 0.15) is 6.92 Å². The first kappa shape index (κ1) is 17.9. The standard InChI is InChI=1S/C16H22N4O4/c1-12(21)20(7-6-17)16(23)15(22)18-13-4-2-3-5-14(13)19-8-10-24-11-9-19/h2-5H,6-11,17H2,1H3,(H,18,22). The molecule has 1 saturated heterocycles. The van der Waals surface area contributed by atoms with E-state index in [9.17, 15) is 14.4 Å². The van der Waals surface area contributed by atoms with Gasteiger partial charge in [0.05, 0.1) is 24.6 Å². The second-order valence-corrected chi connectivity index (χ2v) is 5.34. The molecule has 8 heteroatoms. The minimum Gasteiger partial charge on any atom is -0.378 e. The first-order valence-corrected chi connectivity index (χ1v) is 7.79. The van der Waals surface area contributed by atoms with Gasteiger partial charge < -0.3 is 20.7 Å². The van der Waals surface area contributed by atoms with E-state index in [1.165, 1.54) is 6.92 Å². The molecule has 8 nitrogen and oxygen atoms in total. The Balaban J connectivity index is 2.13. The number of amides is 3. The zero-order chi connectivity index (χ0) is 17.5. The lowest BCUT2D eigenvalue weighted by atomic mass is 10.2. The number of ether oxygens (including phenoxy) is 1.